The minimum atomic E-state index is -0.325. The second kappa shape index (κ2) is 15.0. The van der Waals surface area contributed by atoms with Gasteiger partial charge in [-0.05, 0) is 122 Å². The number of aromatic nitrogens is 1. The molecule has 5 nitrogen and oxygen atoms in total. The van der Waals surface area contributed by atoms with Crippen molar-refractivity contribution in [1.29, 1.82) is 5.26 Å². The Bertz CT molecular complexity index is 1570. The van der Waals surface area contributed by atoms with E-state index in [-0.39, 0.29) is 11.2 Å². The third-order valence-electron chi connectivity index (χ3n) is 9.39. The van der Waals surface area contributed by atoms with Crippen LogP contribution in [0, 0.1) is 34.4 Å². The number of aryl methyl sites for hydroxylation is 2. The number of nitrogens with zero attached hydrogens (tertiary/aromatic N) is 3. The van der Waals surface area contributed by atoms with Gasteiger partial charge < -0.3 is 15.5 Å². The average Bonchev–Trinajstić information content (AvgIpc) is 3.00. The number of benzene rings is 2. The molecule has 1 saturated heterocycles. The molecule has 1 aromatic heterocycles. The highest BCUT2D eigenvalue weighted by molar-refractivity contribution is 5.77. The lowest BCUT2D eigenvalue weighted by Crippen LogP contribution is -2.34. The molecule has 1 aliphatic carbocycles. The van der Waals surface area contributed by atoms with Crippen LogP contribution in [0.3, 0.4) is 0 Å². The summed E-state index contributed by atoms with van der Waals surface area (Å²) in [5.74, 6) is 2.00. The molecule has 3 aromatic rings. The molecule has 2 aliphatic rings. The first-order chi connectivity index (χ1) is 22.1. The quantitative estimate of drug-likeness (QED) is 0.199. The topological polar surface area (TPSA) is 64.0 Å². The SMILES string of the molecule is C=C(CC1CCN(c2cccc(CCc3ccc(C#N)cc3F)n2)CC1)Nc1ccc(C(=C)CC(C)(C)C)cc1NCC1CCC1. The van der Waals surface area contributed by atoms with E-state index in [4.69, 9.17) is 10.2 Å². The number of rotatable bonds is 13. The van der Waals surface area contributed by atoms with Crippen LogP contribution in [0.5, 0.6) is 0 Å². The van der Waals surface area contributed by atoms with Gasteiger partial charge in [-0.2, -0.15) is 5.26 Å². The van der Waals surface area contributed by atoms with Crippen LogP contribution in [-0.2, 0) is 12.8 Å². The van der Waals surface area contributed by atoms with Crippen LogP contribution >= 0.6 is 0 Å². The zero-order valence-corrected chi connectivity index (χ0v) is 28.0. The number of nitrogens with one attached hydrogen (secondary N) is 2. The molecule has 46 heavy (non-hydrogen) atoms. The number of allylic oxidation sites excluding steroid dienone is 2. The molecule has 0 radical (unpaired) electrons. The average molecular weight is 620 g/mol. The fraction of sp³-hybridized carbons (Fsp3) is 0.450. The Kier molecular flexibility index (Phi) is 10.8. The molecule has 2 heterocycles. The van der Waals surface area contributed by atoms with Crippen LogP contribution in [0.4, 0.5) is 21.6 Å². The van der Waals surface area contributed by atoms with Crippen molar-refractivity contribution < 1.29 is 4.39 Å². The molecule has 0 atom stereocenters. The number of halogens is 1. The van der Waals surface area contributed by atoms with Gasteiger partial charge in [0.05, 0.1) is 23.0 Å². The first kappa shape index (κ1) is 33.3. The zero-order valence-electron chi connectivity index (χ0n) is 28.0. The third kappa shape index (κ3) is 9.22. The van der Waals surface area contributed by atoms with Crippen molar-refractivity contribution in [3.05, 3.63) is 102 Å². The monoisotopic (exact) mass is 619 g/mol. The molecule has 2 N–H and O–H groups in total. The van der Waals surface area contributed by atoms with Crippen LogP contribution < -0.4 is 15.5 Å². The van der Waals surface area contributed by atoms with E-state index < -0.39 is 0 Å². The number of hydrogen-bond acceptors (Lipinski definition) is 5. The smallest absolute Gasteiger partial charge is 0.128 e. The largest absolute Gasteiger partial charge is 0.383 e. The molecule has 1 saturated carbocycles. The maximum atomic E-state index is 14.4. The molecule has 242 valence electrons. The minimum absolute atomic E-state index is 0.199. The summed E-state index contributed by atoms with van der Waals surface area (Å²) in [6, 6.07) is 19.5. The van der Waals surface area contributed by atoms with E-state index in [1.54, 1.807) is 12.1 Å². The van der Waals surface area contributed by atoms with Gasteiger partial charge in [-0.1, -0.05) is 58.5 Å². The molecule has 0 bridgehead atoms. The van der Waals surface area contributed by atoms with Gasteiger partial charge in [0.15, 0.2) is 0 Å². The second-order valence-electron chi connectivity index (χ2n) is 14.5. The van der Waals surface area contributed by atoms with Crippen molar-refractivity contribution in [2.24, 2.45) is 17.3 Å². The molecule has 0 unspecified atom stereocenters. The van der Waals surface area contributed by atoms with Crippen LogP contribution in [0.1, 0.15) is 88.1 Å². The number of hydrogen-bond donors (Lipinski definition) is 2. The summed E-state index contributed by atoms with van der Waals surface area (Å²) >= 11 is 0. The Labute approximate surface area is 275 Å². The summed E-state index contributed by atoms with van der Waals surface area (Å²) in [6.07, 6.45) is 9.26. The summed E-state index contributed by atoms with van der Waals surface area (Å²) in [4.78, 5) is 7.28. The van der Waals surface area contributed by atoms with E-state index in [2.05, 4.69) is 73.7 Å². The lowest BCUT2D eigenvalue weighted by Gasteiger charge is -2.33. The van der Waals surface area contributed by atoms with E-state index in [1.807, 2.05) is 18.2 Å². The van der Waals surface area contributed by atoms with Crippen LogP contribution in [-0.4, -0.2) is 24.6 Å². The van der Waals surface area contributed by atoms with Gasteiger partial charge in [0.25, 0.3) is 0 Å². The van der Waals surface area contributed by atoms with Crippen molar-refractivity contribution >= 4 is 22.8 Å². The van der Waals surface area contributed by atoms with E-state index in [9.17, 15) is 4.39 Å². The number of pyridine rings is 1. The van der Waals surface area contributed by atoms with Gasteiger partial charge in [-0.3, -0.25) is 0 Å². The van der Waals surface area contributed by atoms with Crippen molar-refractivity contribution in [2.75, 3.05) is 35.2 Å². The summed E-state index contributed by atoms with van der Waals surface area (Å²) in [5, 5.41) is 16.4. The molecule has 0 spiro atoms. The number of piperidine rings is 1. The second-order valence-corrected chi connectivity index (χ2v) is 14.5. The van der Waals surface area contributed by atoms with Gasteiger partial charge >= 0.3 is 0 Å². The Balaban J connectivity index is 1.14. The first-order valence-electron chi connectivity index (χ1n) is 17.0. The Morgan fingerprint density at radius 2 is 1.76 bits per heavy atom. The van der Waals surface area contributed by atoms with E-state index in [0.717, 1.165) is 79.8 Å². The third-order valence-corrected chi connectivity index (χ3v) is 9.39. The van der Waals surface area contributed by atoms with Gasteiger partial charge in [0.1, 0.15) is 11.6 Å². The molecule has 6 heteroatoms. The highest BCUT2D eigenvalue weighted by Gasteiger charge is 2.22. The maximum absolute atomic E-state index is 14.4. The summed E-state index contributed by atoms with van der Waals surface area (Å²) in [7, 11) is 0. The van der Waals surface area contributed by atoms with Gasteiger partial charge in [-0.25, -0.2) is 9.37 Å². The van der Waals surface area contributed by atoms with Crippen molar-refractivity contribution in [3.8, 4) is 6.07 Å². The van der Waals surface area contributed by atoms with Crippen LogP contribution in [0.25, 0.3) is 5.57 Å². The normalized spacial score (nSPS) is 15.6. The molecule has 2 aromatic carbocycles. The fourth-order valence-electron chi connectivity index (χ4n) is 6.53. The highest BCUT2D eigenvalue weighted by Crippen LogP contribution is 2.35. The molecular weight excluding hydrogens is 569 g/mol. The van der Waals surface area contributed by atoms with Crippen molar-refractivity contribution in [1.82, 2.24) is 4.98 Å². The number of anilines is 3. The number of nitriles is 1. The Morgan fingerprint density at radius 3 is 2.43 bits per heavy atom. The van der Waals surface area contributed by atoms with E-state index in [0.29, 0.717) is 29.9 Å². The van der Waals surface area contributed by atoms with Gasteiger partial charge in [0.2, 0.25) is 0 Å². The van der Waals surface area contributed by atoms with Gasteiger partial charge in [0, 0.05) is 31.0 Å². The summed E-state index contributed by atoms with van der Waals surface area (Å²) < 4.78 is 14.4. The molecule has 1 aliphatic heterocycles. The Morgan fingerprint density at radius 1 is 0.978 bits per heavy atom. The highest BCUT2D eigenvalue weighted by atomic mass is 19.1. The van der Waals surface area contributed by atoms with Gasteiger partial charge in [-0.15, -0.1) is 0 Å². The zero-order chi connectivity index (χ0) is 32.7. The lowest BCUT2D eigenvalue weighted by molar-refractivity contribution is 0.333. The molecule has 0 amide bonds. The molecule has 2 fully saturated rings. The standard InChI is InChI=1S/C40H50FN5/c1-28(25-40(3,4)5)34-15-17-37(38(24-34)43-27-31-8-6-9-31)44-29(2)22-30-18-20-46(21-19-30)39-11-7-10-35(45-39)16-14-33-13-12-32(26-42)23-36(33)41/h7,10-13,15,17,23-24,30-31,43-44H,1-2,6,8-9,14,16,18-22,25,27H2,3-5H3. The van der Waals surface area contributed by atoms with E-state index >= 15 is 0 Å². The Hall–Kier alpha value is -4.11. The van der Waals surface area contributed by atoms with Crippen LogP contribution in [0.15, 0.2) is 73.5 Å². The first-order valence-corrected chi connectivity index (χ1v) is 17.0. The molecule has 5 rings (SSSR count). The fourth-order valence-corrected chi connectivity index (χ4v) is 6.53. The predicted molar refractivity (Wildman–Crippen MR) is 190 cm³/mol. The maximum Gasteiger partial charge on any atom is 0.128 e. The van der Waals surface area contributed by atoms with Crippen molar-refractivity contribution in [2.45, 2.75) is 78.6 Å². The van der Waals surface area contributed by atoms with Crippen LogP contribution in [0.2, 0.25) is 0 Å². The summed E-state index contributed by atoms with van der Waals surface area (Å²) in [6.45, 7) is 18.5. The predicted octanol–water partition coefficient (Wildman–Crippen LogP) is 9.77. The van der Waals surface area contributed by atoms with Crippen molar-refractivity contribution in [3.63, 3.8) is 0 Å². The lowest BCUT2D eigenvalue weighted by atomic mass is 9.85. The molecular formula is C40H50FN5. The minimum Gasteiger partial charge on any atom is -0.383 e. The van der Waals surface area contributed by atoms with E-state index in [1.165, 1.54) is 36.5 Å². The summed E-state index contributed by atoms with van der Waals surface area (Å²) in [5.41, 5.74) is 7.78.